The van der Waals surface area contributed by atoms with Gasteiger partial charge in [-0.15, -0.1) is 0 Å². The van der Waals surface area contributed by atoms with Crippen LogP contribution < -0.4 is 5.32 Å². The van der Waals surface area contributed by atoms with Crippen molar-refractivity contribution in [2.75, 3.05) is 32.7 Å². The monoisotopic (exact) mass is 282 g/mol. The van der Waals surface area contributed by atoms with Gasteiger partial charge in [-0.2, -0.15) is 11.3 Å². The SMILES string of the molecule is O=C(O)CNCC1CCCN(CCc2ccsc2)C1. The fraction of sp³-hybridized carbons (Fsp3) is 0.643. The van der Waals surface area contributed by atoms with Crippen LogP contribution in [0.2, 0.25) is 0 Å². The van der Waals surface area contributed by atoms with Gasteiger partial charge in [-0.1, -0.05) is 0 Å². The zero-order valence-electron chi connectivity index (χ0n) is 11.2. The van der Waals surface area contributed by atoms with Crippen molar-refractivity contribution in [2.45, 2.75) is 19.3 Å². The summed E-state index contributed by atoms with van der Waals surface area (Å²) in [6, 6.07) is 2.19. The van der Waals surface area contributed by atoms with Gasteiger partial charge < -0.3 is 15.3 Å². The van der Waals surface area contributed by atoms with Crippen LogP contribution in [0.4, 0.5) is 0 Å². The molecule has 2 rings (SSSR count). The minimum atomic E-state index is -0.773. The molecule has 1 aliphatic heterocycles. The maximum atomic E-state index is 10.5. The molecule has 1 fully saturated rings. The van der Waals surface area contributed by atoms with Crippen LogP contribution in [-0.4, -0.2) is 48.7 Å². The van der Waals surface area contributed by atoms with Crippen molar-refractivity contribution in [3.63, 3.8) is 0 Å². The molecular weight excluding hydrogens is 260 g/mol. The first kappa shape index (κ1) is 14.5. The smallest absolute Gasteiger partial charge is 0.317 e. The Kier molecular flexibility index (Phi) is 5.82. The molecule has 106 valence electrons. The molecule has 0 bridgehead atoms. The largest absolute Gasteiger partial charge is 0.480 e. The maximum Gasteiger partial charge on any atom is 0.317 e. The second-order valence-electron chi connectivity index (χ2n) is 5.22. The lowest BCUT2D eigenvalue weighted by atomic mass is 9.97. The number of nitrogens with zero attached hydrogens (tertiary/aromatic N) is 1. The minimum absolute atomic E-state index is 0.0748. The molecular formula is C14H22N2O2S. The lowest BCUT2D eigenvalue weighted by Crippen LogP contribution is -2.41. The third kappa shape index (κ3) is 5.30. The topological polar surface area (TPSA) is 52.6 Å². The molecule has 2 heterocycles. The Hall–Kier alpha value is -0.910. The van der Waals surface area contributed by atoms with E-state index in [1.54, 1.807) is 11.3 Å². The number of rotatable bonds is 7. The van der Waals surface area contributed by atoms with Crippen molar-refractivity contribution in [1.82, 2.24) is 10.2 Å². The van der Waals surface area contributed by atoms with Crippen LogP contribution in [-0.2, 0) is 11.2 Å². The van der Waals surface area contributed by atoms with Crippen molar-refractivity contribution in [3.05, 3.63) is 22.4 Å². The fourth-order valence-corrected chi connectivity index (χ4v) is 3.33. The van der Waals surface area contributed by atoms with Crippen LogP contribution in [0.1, 0.15) is 18.4 Å². The highest BCUT2D eigenvalue weighted by atomic mass is 32.1. The first-order valence-electron chi connectivity index (χ1n) is 6.90. The van der Waals surface area contributed by atoms with Gasteiger partial charge in [0.25, 0.3) is 0 Å². The molecule has 0 aliphatic carbocycles. The van der Waals surface area contributed by atoms with E-state index in [9.17, 15) is 4.79 Å². The summed E-state index contributed by atoms with van der Waals surface area (Å²) in [5.41, 5.74) is 1.43. The van der Waals surface area contributed by atoms with E-state index in [0.717, 1.165) is 26.1 Å². The molecule has 0 aromatic carbocycles. The second kappa shape index (κ2) is 7.62. The Balaban J connectivity index is 1.66. The molecule has 0 saturated carbocycles. The third-order valence-corrected chi connectivity index (χ3v) is 4.34. The molecule has 1 aromatic heterocycles. The number of carboxylic acid groups (broad SMARTS) is 1. The molecule has 1 aliphatic rings. The molecule has 0 radical (unpaired) electrons. The number of carbonyl (C=O) groups is 1. The van der Waals surface area contributed by atoms with Crippen molar-refractivity contribution in [2.24, 2.45) is 5.92 Å². The lowest BCUT2D eigenvalue weighted by Gasteiger charge is -2.32. The highest BCUT2D eigenvalue weighted by Crippen LogP contribution is 2.16. The van der Waals surface area contributed by atoms with E-state index in [2.05, 4.69) is 27.0 Å². The molecule has 5 heteroatoms. The van der Waals surface area contributed by atoms with Crippen LogP contribution in [0.15, 0.2) is 16.8 Å². The molecule has 0 amide bonds. The van der Waals surface area contributed by atoms with E-state index in [0.29, 0.717) is 5.92 Å². The van der Waals surface area contributed by atoms with E-state index in [1.807, 2.05) is 0 Å². The van der Waals surface area contributed by atoms with Crippen LogP contribution in [0.3, 0.4) is 0 Å². The van der Waals surface area contributed by atoms with Crippen LogP contribution in [0.5, 0.6) is 0 Å². The van der Waals surface area contributed by atoms with Crippen LogP contribution >= 0.6 is 11.3 Å². The van der Waals surface area contributed by atoms with Gasteiger partial charge in [0.05, 0.1) is 6.54 Å². The molecule has 1 unspecified atom stereocenters. The Morgan fingerprint density at radius 2 is 2.47 bits per heavy atom. The molecule has 1 aromatic rings. The average Bonchev–Trinajstić information content (AvgIpc) is 2.89. The molecule has 1 atom stereocenters. The predicted octanol–water partition coefficient (Wildman–Crippen LogP) is 1.68. The van der Waals surface area contributed by atoms with E-state index >= 15 is 0 Å². The maximum absolute atomic E-state index is 10.5. The third-order valence-electron chi connectivity index (χ3n) is 3.61. The Labute approximate surface area is 118 Å². The average molecular weight is 282 g/mol. The number of piperidine rings is 1. The zero-order chi connectivity index (χ0) is 13.5. The predicted molar refractivity (Wildman–Crippen MR) is 77.7 cm³/mol. The number of thiophene rings is 1. The van der Waals surface area contributed by atoms with Gasteiger partial charge in [-0.3, -0.25) is 4.79 Å². The molecule has 4 nitrogen and oxygen atoms in total. The van der Waals surface area contributed by atoms with E-state index in [-0.39, 0.29) is 6.54 Å². The zero-order valence-corrected chi connectivity index (χ0v) is 12.0. The number of likely N-dealkylation sites (tertiary alicyclic amines) is 1. The van der Waals surface area contributed by atoms with Crippen molar-refractivity contribution < 1.29 is 9.90 Å². The van der Waals surface area contributed by atoms with Gasteiger partial charge in [0, 0.05) is 13.1 Å². The Morgan fingerprint density at radius 1 is 1.58 bits per heavy atom. The number of nitrogens with one attached hydrogen (secondary N) is 1. The number of carboxylic acids is 1. The number of hydrogen-bond donors (Lipinski definition) is 2. The lowest BCUT2D eigenvalue weighted by molar-refractivity contribution is -0.136. The fourth-order valence-electron chi connectivity index (χ4n) is 2.63. The number of hydrogen-bond acceptors (Lipinski definition) is 4. The Morgan fingerprint density at radius 3 is 3.21 bits per heavy atom. The Bertz CT molecular complexity index is 381. The highest BCUT2D eigenvalue weighted by molar-refractivity contribution is 7.07. The van der Waals surface area contributed by atoms with Gasteiger partial charge in [0.1, 0.15) is 0 Å². The standard InChI is InChI=1S/C14H22N2O2S/c17-14(18)9-15-8-13-2-1-5-16(10-13)6-3-12-4-7-19-11-12/h4,7,11,13,15H,1-3,5-6,8-10H2,(H,17,18). The molecule has 2 N–H and O–H groups in total. The van der Waals surface area contributed by atoms with E-state index in [1.165, 1.54) is 24.9 Å². The van der Waals surface area contributed by atoms with Crippen molar-refractivity contribution >= 4 is 17.3 Å². The molecule has 1 saturated heterocycles. The van der Waals surface area contributed by atoms with Gasteiger partial charge in [0.2, 0.25) is 0 Å². The quantitative estimate of drug-likeness (QED) is 0.799. The second-order valence-corrected chi connectivity index (χ2v) is 6.00. The van der Waals surface area contributed by atoms with Crippen LogP contribution in [0, 0.1) is 5.92 Å². The molecule has 19 heavy (non-hydrogen) atoms. The summed E-state index contributed by atoms with van der Waals surface area (Å²) in [4.78, 5) is 13.0. The van der Waals surface area contributed by atoms with Gasteiger partial charge >= 0.3 is 5.97 Å². The summed E-state index contributed by atoms with van der Waals surface area (Å²) in [5.74, 6) is -0.180. The van der Waals surface area contributed by atoms with Crippen molar-refractivity contribution in [1.29, 1.82) is 0 Å². The summed E-state index contributed by atoms with van der Waals surface area (Å²) in [7, 11) is 0. The first-order valence-corrected chi connectivity index (χ1v) is 7.84. The molecule has 0 spiro atoms. The summed E-state index contributed by atoms with van der Waals surface area (Å²) in [5, 5.41) is 16.0. The van der Waals surface area contributed by atoms with Gasteiger partial charge in [-0.25, -0.2) is 0 Å². The normalized spacial score (nSPS) is 20.5. The van der Waals surface area contributed by atoms with Gasteiger partial charge in [0.15, 0.2) is 0 Å². The van der Waals surface area contributed by atoms with E-state index in [4.69, 9.17) is 5.11 Å². The summed E-state index contributed by atoms with van der Waals surface area (Å²) >= 11 is 1.76. The number of aliphatic carboxylic acids is 1. The van der Waals surface area contributed by atoms with Gasteiger partial charge in [-0.05, 0) is 60.7 Å². The van der Waals surface area contributed by atoms with Crippen molar-refractivity contribution in [3.8, 4) is 0 Å². The minimum Gasteiger partial charge on any atom is -0.480 e. The summed E-state index contributed by atoms with van der Waals surface area (Å²) in [6.45, 7) is 4.29. The van der Waals surface area contributed by atoms with Crippen LogP contribution in [0.25, 0.3) is 0 Å². The first-order chi connectivity index (χ1) is 9.24. The van der Waals surface area contributed by atoms with E-state index < -0.39 is 5.97 Å². The highest BCUT2D eigenvalue weighted by Gasteiger charge is 2.19. The summed E-state index contributed by atoms with van der Waals surface area (Å²) in [6.07, 6.45) is 3.56. The summed E-state index contributed by atoms with van der Waals surface area (Å²) < 4.78 is 0.